The minimum Gasteiger partial charge on any atom is -0.381 e. The summed E-state index contributed by atoms with van der Waals surface area (Å²) in [6.45, 7) is 1.60. The van der Waals surface area contributed by atoms with E-state index in [4.69, 9.17) is 10.5 Å². The van der Waals surface area contributed by atoms with Crippen molar-refractivity contribution in [2.24, 2.45) is 11.7 Å². The molecule has 1 aromatic heterocycles. The Morgan fingerprint density at radius 1 is 1.54 bits per heavy atom. The van der Waals surface area contributed by atoms with Gasteiger partial charge in [0.2, 0.25) is 0 Å². The molecule has 4 heteroatoms. The predicted octanol–water partition coefficient (Wildman–Crippen LogP) is 0.513. The van der Waals surface area contributed by atoms with E-state index in [-0.39, 0.29) is 6.04 Å². The van der Waals surface area contributed by atoms with Gasteiger partial charge < -0.3 is 10.5 Å². The lowest BCUT2D eigenvalue weighted by Gasteiger charge is -2.16. The second-order valence-corrected chi connectivity index (χ2v) is 3.33. The number of hydrogen-bond acceptors (Lipinski definition) is 4. The predicted molar refractivity (Wildman–Crippen MR) is 47.9 cm³/mol. The Morgan fingerprint density at radius 2 is 2.46 bits per heavy atom. The van der Waals surface area contributed by atoms with Gasteiger partial charge in [0.15, 0.2) is 0 Å². The Balaban J connectivity index is 2.08. The molecule has 13 heavy (non-hydrogen) atoms. The molecule has 1 saturated heterocycles. The third-order valence-corrected chi connectivity index (χ3v) is 2.46. The maximum absolute atomic E-state index is 6.05. The van der Waals surface area contributed by atoms with Crippen molar-refractivity contribution >= 4 is 0 Å². The molecule has 0 bridgehead atoms. The highest BCUT2D eigenvalue weighted by molar-refractivity contribution is 5.12. The highest BCUT2D eigenvalue weighted by atomic mass is 16.5. The number of hydrogen-bond donors (Lipinski definition) is 1. The van der Waals surface area contributed by atoms with E-state index in [9.17, 15) is 0 Å². The Morgan fingerprint density at radius 3 is 3.08 bits per heavy atom. The molecular weight excluding hydrogens is 166 g/mol. The fourth-order valence-electron chi connectivity index (χ4n) is 1.61. The second kappa shape index (κ2) is 3.81. The lowest BCUT2D eigenvalue weighted by atomic mass is 9.95. The van der Waals surface area contributed by atoms with Gasteiger partial charge in [-0.1, -0.05) is 0 Å². The standard InChI is InChI=1S/C9H13N3O/c10-9(8-2-4-13-6-8)7-1-3-11-12-5-7/h1,3,5,8-9H,2,4,6,10H2. The first-order valence-corrected chi connectivity index (χ1v) is 4.48. The first kappa shape index (κ1) is 8.59. The van der Waals surface area contributed by atoms with E-state index in [2.05, 4.69) is 10.2 Å². The molecular formula is C9H13N3O. The summed E-state index contributed by atoms with van der Waals surface area (Å²) in [7, 11) is 0. The number of nitrogens with two attached hydrogens (primary N) is 1. The number of ether oxygens (including phenoxy) is 1. The summed E-state index contributed by atoms with van der Waals surface area (Å²) < 4.78 is 5.28. The van der Waals surface area contributed by atoms with Crippen LogP contribution in [-0.2, 0) is 4.74 Å². The molecule has 0 radical (unpaired) electrons. The minimum absolute atomic E-state index is 0.0398. The monoisotopic (exact) mass is 179 g/mol. The molecule has 2 N–H and O–H groups in total. The Hall–Kier alpha value is -1.00. The van der Waals surface area contributed by atoms with Gasteiger partial charge in [0.25, 0.3) is 0 Å². The van der Waals surface area contributed by atoms with Crippen molar-refractivity contribution in [2.75, 3.05) is 13.2 Å². The van der Waals surface area contributed by atoms with Crippen molar-refractivity contribution in [1.82, 2.24) is 10.2 Å². The Bertz CT molecular complexity index is 259. The minimum atomic E-state index is 0.0398. The van der Waals surface area contributed by atoms with Crippen molar-refractivity contribution in [3.8, 4) is 0 Å². The van der Waals surface area contributed by atoms with Crippen LogP contribution in [0.4, 0.5) is 0 Å². The van der Waals surface area contributed by atoms with Crippen molar-refractivity contribution in [1.29, 1.82) is 0 Å². The molecule has 1 aliphatic rings. The number of rotatable bonds is 2. The highest BCUT2D eigenvalue weighted by Crippen LogP contribution is 2.25. The maximum Gasteiger partial charge on any atom is 0.0544 e. The van der Waals surface area contributed by atoms with Gasteiger partial charge in [0, 0.05) is 24.8 Å². The summed E-state index contributed by atoms with van der Waals surface area (Å²) in [4.78, 5) is 0. The van der Waals surface area contributed by atoms with E-state index in [1.807, 2.05) is 6.07 Å². The SMILES string of the molecule is NC(c1ccnnc1)C1CCOC1. The summed E-state index contributed by atoms with van der Waals surface area (Å²) in [5, 5.41) is 7.52. The molecule has 2 rings (SSSR count). The summed E-state index contributed by atoms with van der Waals surface area (Å²) >= 11 is 0. The van der Waals surface area contributed by atoms with Crippen LogP contribution in [-0.4, -0.2) is 23.4 Å². The molecule has 2 unspecified atom stereocenters. The first-order valence-electron chi connectivity index (χ1n) is 4.48. The molecule has 4 nitrogen and oxygen atoms in total. The van der Waals surface area contributed by atoms with Crippen LogP contribution < -0.4 is 5.73 Å². The normalized spacial score (nSPS) is 24.5. The van der Waals surface area contributed by atoms with Crippen LogP contribution in [0, 0.1) is 5.92 Å². The average Bonchev–Trinajstić information content (AvgIpc) is 2.71. The van der Waals surface area contributed by atoms with Gasteiger partial charge in [-0.25, -0.2) is 0 Å². The van der Waals surface area contributed by atoms with E-state index in [1.165, 1.54) is 0 Å². The van der Waals surface area contributed by atoms with Gasteiger partial charge in [0.05, 0.1) is 12.8 Å². The van der Waals surface area contributed by atoms with Crippen molar-refractivity contribution in [3.05, 3.63) is 24.0 Å². The number of aromatic nitrogens is 2. The van der Waals surface area contributed by atoms with Crippen LogP contribution in [0.5, 0.6) is 0 Å². The fraction of sp³-hybridized carbons (Fsp3) is 0.556. The lowest BCUT2D eigenvalue weighted by molar-refractivity contribution is 0.181. The zero-order chi connectivity index (χ0) is 9.10. The van der Waals surface area contributed by atoms with Gasteiger partial charge in [-0.05, 0) is 18.1 Å². The molecule has 1 aromatic rings. The highest BCUT2D eigenvalue weighted by Gasteiger charge is 2.23. The average molecular weight is 179 g/mol. The quantitative estimate of drug-likeness (QED) is 0.718. The maximum atomic E-state index is 6.05. The molecule has 70 valence electrons. The molecule has 0 aromatic carbocycles. The first-order chi connectivity index (χ1) is 6.38. The van der Waals surface area contributed by atoms with Crippen LogP contribution in [0.3, 0.4) is 0 Å². The van der Waals surface area contributed by atoms with Crippen molar-refractivity contribution < 1.29 is 4.74 Å². The van der Waals surface area contributed by atoms with E-state index in [0.29, 0.717) is 5.92 Å². The van der Waals surface area contributed by atoms with Gasteiger partial charge in [-0.15, -0.1) is 0 Å². The van der Waals surface area contributed by atoms with Gasteiger partial charge >= 0.3 is 0 Å². The topological polar surface area (TPSA) is 61.0 Å². The molecule has 0 spiro atoms. The smallest absolute Gasteiger partial charge is 0.0544 e. The van der Waals surface area contributed by atoms with Crippen LogP contribution in [0.25, 0.3) is 0 Å². The summed E-state index contributed by atoms with van der Waals surface area (Å²) in [5.74, 6) is 0.434. The lowest BCUT2D eigenvalue weighted by Crippen LogP contribution is -2.21. The molecule has 1 aliphatic heterocycles. The zero-order valence-corrected chi connectivity index (χ0v) is 7.39. The van der Waals surface area contributed by atoms with Crippen LogP contribution in [0.2, 0.25) is 0 Å². The van der Waals surface area contributed by atoms with E-state index in [0.717, 1.165) is 25.2 Å². The Kier molecular flexibility index (Phi) is 2.52. The van der Waals surface area contributed by atoms with Gasteiger partial charge in [0.1, 0.15) is 0 Å². The third kappa shape index (κ3) is 1.84. The van der Waals surface area contributed by atoms with Crippen molar-refractivity contribution in [2.45, 2.75) is 12.5 Å². The van der Waals surface area contributed by atoms with Crippen LogP contribution in [0.1, 0.15) is 18.0 Å². The molecule has 2 atom stereocenters. The van der Waals surface area contributed by atoms with E-state index in [1.54, 1.807) is 12.4 Å². The third-order valence-electron chi connectivity index (χ3n) is 2.46. The van der Waals surface area contributed by atoms with Gasteiger partial charge in [-0.2, -0.15) is 10.2 Å². The van der Waals surface area contributed by atoms with E-state index < -0.39 is 0 Å². The molecule has 2 heterocycles. The largest absolute Gasteiger partial charge is 0.381 e. The molecule has 0 aliphatic carbocycles. The summed E-state index contributed by atoms with van der Waals surface area (Å²) in [6.07, 6.45) is 4.44. The van der Waals surface area contributed by atoms with Gasteiger partial charge in [-0.3, -0.25) is 0 Å². The number of nitrogens with zero attached hydrogens (tertiary/aromatic N) is 2. The van der Waals surface area contributed by atoms with Crippen molar-refractivity contribution in [3.63, 3.8) is 0 Å². The van der Waals surface area contributed by atoms with Crippen LogP contribution >= 0.6 is 0 Å². The zero-order valence-electron chi connectivity index (χ0n) is 7.39. The summed E-state index contributed by atoms with van der Waals surface area (Å²) in [6, 6.07) is 1.95. The molecule has 1 fully saturated rings. The molecule has 0 saturated carbocycles. The van der Waals surface area contributed by atoms with Crippen LogP contribution in [0.15, 0.2) is 18.5 Å². The Labute approximate surface area is 77.1 Å². The summed E-state index contributed by atoms with van der Waals surface area (Å²) in [5.41, 5.74) is 7.10. The second-order valence-electron chi connectivity index (χ2n) is 3.33. The molecule has 0 amide bonds. The fourth-order valence-corrected chi connectivity index (χ4v) is 1.61. The van der Waals surface area contributed by atoms with E-state index >= 15 is 0 Å².